The molecule has 1 aliphatic rings. The van der Waals surface area contributed by atoms with Crippen molar-refractivity contribution >= 4 is 23.2 Å². The van der Waals surface area contributed by atoms with Crippen molar-refractivity contribution in [3.05, 3.63) is 40.3 Å². The Balaban J connectivity index is 1.61. The summed E-state index contributed by atoms with van der Waals surface area (Å²) < 4.78 is 1.73. The van der Waals surface area contributed by atoms with Crippen molar-refractivity contribution in [2.45, 2.75) is 19.4 Å². The highest BCUT2D eigenvalue weighted by Gasteiger charge is 2.30. The van der Waals surface area contributed by atoms with Gasteiger partial charge in [0.05, 0.1) is 17.0 Å². The molecule has 24 heavy (non-hydrogen) atoms. The molecule has 1 unspecified atom stereocenters. The Bertz CT molecular complexity index is 710. The molecule has 1 fully saturated rings. The van der Waals surface area contributed by atoms with Crippen LogP contribution in [0, 0.1) is 5.92 Å². The fourth-order valence-corrected chi connectivity index (χ4v) is 3.83. The second-order valence-corrected chi connectivity index (χ2v) is 7.23. The molecule has 128 valence electrons. The van der Waals surface area contributed by atoms with Crippen LogP contribution in [0.5, 0.6) is 0 Å². The second kappa shape index (κ2) is 7.17. The van der Waals surface area contributed by atoms with Gasteiger partial charge in [0.25, 0.3) is 5.91 Å². The average molecular weight is 346 g/mol. The zero-order valence-electron chi connectivity index (χ0n) is 14.0. The summed E-state index contributed by atoms with van der Waals surface area (Å²) in [4.78, 5) is 29.5. The number of piperidine rings is 1. The molecule has 1 aliphatic heterocycles. The lowest BCUT2D eigenvalue weighted by Crippen LogP contribution is -2.45. The summed E-state index contributed by atoms with van der Waals surface area (Å²) in [5, 5.41) is 6.04. The standard InChI is InChI=1S/C17H22N4O2S/c1-19(10-13-9-18-20(2)11-13)16(22)14-5-3-7-21(12-14)17(23)15-6-4-8-24-15/h4,6,8-9,11,14H,3,5,7,10,12H2,1-2H3. The lowest BCUT2D eigenvalue weighted by atomic mass is 9.96. The van der Waals surface area contributed by atoms with Crippen molar-refractivity contribution in [3.63, 3.8) is 0 Å². The highest BCUT2D eigenvalue weighted by atomic mass is 32.1. The van der Waals surface area contributed by atoms with Gasteiger partial charge in [-0.3, -0.25) is 14.3 Å². The van der Waals surface area contributed by atoms with E-state index in [9.17, 15) is 9.59 Å². The van der Waals surface area contributed by atoms with Crippen molar-refractivity contribution in [3.8, 4) is 0 Å². The van der Waals surface area contributed by atoms with Gasteiger partial charge in [0.15, 0.2) is 0 Å². The maximum absolute atomic E-state index is 12.7. The van der Waals surface area contributed by atoms with Crippen LogP contribution in [-0.2, 0) is 18.4 Å². The summed E-state index contributed by atoms with van der Waals surface area (Å²) in [5.41, 5.74) is 1.01. The molecule has 0 aromatic carbocycles. The van der Waals surface area contributed by atoms with Gasteiger partial charge in [0.1, 0.15) is 0 Å². The van der Waals surface area contributed by atoms with E-state index in [2.05, 4.69) is 5.10 Å². The van der Waals surface area contributed by atoms with E-state index in [1.807, 2.05) is 42.7 Å². The van der Waals surface area contributed by atoms with Crippen molar-refractivity contribution in [1.82, 2.24) is 19.6 Å². The minimum atomic E-state index is -0.121. The Kier molecular flexibility index (Phi) is 4.99. The summed E-state index contributed by atoms with van der Waals surface area (Å²) >= 11 is 1.45. The monoisotopic (exact) mass is 346 g/mol. The molecule has 0 radical (unpaired) electrons. The van der Waals surface area contributed by atoms with Crippen LogP contribution < -0.4 is 0 Å². The molecular formula is C17H22N4O2S. The number of hydrogen-bond acceptors (Lipinski definition) is 4. The normalized spacial score (nSPS) is 17.8. The first-order valence-electron chi connectivity index (χ1n) is 8.10. The van der Waals surface area contributed by atoms with Gasteiger partial charge in [-0.15, -0.1) is 11.3 Å². The van der Waals surface area contributed by atoms with E-state index >= 15 is 0 Å². The number of nitrogens with zero attached hydrogens (tertiary/aromatic N) is 4. The Morgan fingerprint density at radius 3 is 2.96 bits per heavy atom. The Morgan fingerprint density at radius 2 is 2.29 bits per heavy atom. The molecule has 2 amide bonds. The van der Waals surface area contributed by atoms with Crippen LogP contribution in [0.2, 0.25) is 0 Å². The van der Waals surface area contributed by atoms with E-state index in [0.717, 1.165) is 29.8 Å². The highest BCUT2D eigenvalue weighted by Crippen LogP contribution is 2.22. The number of thiophene rings is 1. The van der Waals surface area contributed by atoms with E-state index in [0.29, 0.717) is 13.1 Å². The number of likely N-dealkylation sites (tertiary alicyclic amines) is 1. The minimum absolute atomic E-state index is 0.0393. The quantitative estimate of drug-likeness (QED) is 0.851. The van der Waals surface area contributed by atoms with Gasteiger partial charge >= 0.3 is 0 Å². The first-order chi connectivity index (χ1) is 11.5. The summed E-state index contributed by atoms with van der Waals surface area (Å²) in [6.07, 6.45) is 5.40. The van der Waals surface area contributed by atoms with E-state index < -0.39 is 0 Å². The predicted octanol–water partition coefficient (Wildman–Crippen LogP) is 1.99. The molecule has 0 saturated carbocycles. The maximum Gasteiger partial charge on any atom is 0.263 e. The van der Waals surface area contributed by atoms with Crippen LogP contribution in [0.3, 0.4) is 0 Å². The van der Waals surface area contributed by atoms with Gasteiger partial charge in [-0.2, -0.15) is 5.10 Å². The van der Waals surface area contributed by atoms with Gasteiger partial charge in [0.2, 0.25) is 5.91 Å². The fraction of sp³-hybridized carbons (Fsp3) is 0.471. The highest BCUT2D eigenvalue weighted by molar-refractivity contribution is 7.12. The molecule has 6 nitrogen and oxygen atoms in total. The zero-order valence-corrected chi connectivity index (χ0v) is 14.8. The topological polar surface area (TPSA) is 58.4 Å². The molecule has 1 atom stereocenters. The lowest BCUT2D eigenvalue weighted by Gasteiger charge is -2.33. The predicted molar refractivity (Wildman–Crippen MR) is 92.6 cm³/mol. The first kappa shape index (κ1) is 16.7. The lowest BCUT2D eigenvalue weighted by molar-refractivity contribution is -0.136. The maximum atomic E-state index is 12.7. The third-order valence-electron chi connectivity index (χ3n) is 4.34. The number of hydrogen-bond donors (Lipinski definition) is 0. The molecule has 0 spiro atoms. The van der Waals surface area contributed by atoms with Crippen LogP contribution >= 0.6 is 11.3 Å². The van der Waals surface area contributed by atoms with Crippen LogP contribution in [0.25, 0.3) is 0 Å². The van der Waals surface area contributed by atoms with Crippen LogP contribution in [-0.4, -0.2) is 51.5 Å². The third kappa shape index (κ3) is 3.67. The molecule has 2 aromatic rings. The minimum Gasteiger partial charge on any atom is -0.341 e. The van der Waals surface area contributed by atoms with Crippen LogP contribution in [0.4, 0.5) is 0 Å². The Labute approximate surface area is 145 Å². The molecule has 7 heteroatoms. The zero-order chi connectivity index (χ0) is 17.1. The summed E-state index contributed by atoms with van der Waals surface area (Å²) in [7, 11) is 3.68. The molecule has 3 heterocycles. The second-order valence-electron chi connectivity index (χ2n) is 6.28. The number of aryl methyl sites for hydroxylation is 1. The number of carbonyl (C=O) groups is 2. The number of aromatic nitrogens is 2. The van der Waals surface area contributed by atoms with Crippen molar-refractivity contribution in [2.75, 3.05) is 20.1 Å². The molecule has 0 N–H and O–H groups in total. The van der Waals surface area contributed by atoms with Gasteiger partial charge < -0.3 is 9.80 Å². The van der Waals surface area contributed by atoms with Gasteiger partial charge in [-0.1, -0.05) is 6.07 Å². The summed E-state index contributed by atoms with van der Waals surface area (Å²) in [6, 6.07) is 3.72. The molecule has 0 bridgehead atoms. The van der Waals surface area contributed by atoms with Gasteiger partial charge in [-0.05, 0) is 24.3 Å². The van der Waals surface area contributed by atoms with E-state index in [4.69, 9.17) is 0 Å². The van der Waals surface area contributed by atoms with Crippen molar-refractivity contribution in [2.24, 2.45) is 13.0 Å². The summed E-state index contributed by atoms with van der Waals surface area (Å²) in [5.74, 6) is 0.0179. The molecule has 1 saturated heterocycles. The molecule has 2 aromatic heterocycles. The van der Waals surface area contributed by atoms with E-state index in [-0.39, 0.29) is 17.7 Å². The van der Waals surface area contributed by atoms with Crippen LogP contribution in [0.15, 0.2) is 29.9 Å². The largest absolute Gasteiger partial charge is 0.341 e. The SMILES string of the molecule is CN(Cc1cnn(C)c1)C(=O)C1CCCN(C(=O)c2cccs2)C1. The molecular weight excluding hydrogens is 324 g/mol. The smallest absolute Gasteiger partial charge is 0.263 e. The van der Waals surface area contributed by atoms with E-state index in [1.54, 1.807) is 15.8 Å². The van der Waals surface area contributed by atoms with E-state index in [1.165, 1.54) is 11.3 Å². The van der Waals surface area contributed by atoms with Crippen molar-refractivity contribution < 1.29 is 9.59 Å². The van der Waals surface area contributed by atoms with Gasteiger partial charge in [-0.25, -0.2) is 0 Å². The number of carbonyl (C=O) groups excluding carboxylic acids is 2. The fourth-order valence-electron chi connectivity index (χ4n) is 3.14. The Hall–Kier alpha value is -2.15. The summed E-state index contributed by atoms with van der Waals surface area (Å²) in [6.45, 7) is 1.78. The average Bonchev–Trinajstić information content (AvgIpc) is 3.25. The van der Waals surface area contributed by atoms with Crippen LogP contribution in [0.1, 0.15) is 28.1 Å². The first-order valence-corrected chi connectivity index (χ1v) is 8.98. The molecule has 0 aliphatic carbocycles. The molecule has 3 rings (SSSR count). The number of rotatable bonds is 4. The van der Waals surface area contributed by atoms with Crippen molar-refractivity contribution in [1.29, 1.82) is 0 Å². The van der Waals surface area contributed by atoms with Gasteiger partial charge in [0, 0.05) is 45.5 Å². The Morgan fingerprint density at radius 1 is 1.46 bits per heavy atom. The third-order valence-corrected chi connectivity index (χ3v) is 5.20. The number of amides is 2.